The van der Waals surface area contributed by atoms with Gasteiger partial charge in [-0.2, -0.15) is 4.98 Å². The van der Waals surface area contributed by atoms with Gasteiger partial charge in [-0.1, -0.05) is 24.8 Å². The van der Waals surface area contributed by atoms with Crippen LogP contribution >= 0.6 is 0 Å². The first-order chi connectivity index (χ1) is 18.3. The monoisotopic (exact) mass is 514 g/mol. The second kappa shape index (κ2) is 11.7. The molecule has 4 rings (SSSR count). The SMILES string of the molecule is C=CC(=O)Nc1cc(Nc2nccc(-c3cn(C)c4ccccc34)n2)c(OC(C)C)nc1N(C)CCNC. The number of pyridine rings is 1. The molecule has 0 bridgehead atoms. The number of nitrogens with one attached hydrogen (secondary N) is 3. The van der Waals surface area contributed by atoms with E-state index in [1.807, 2.05) is 58.1 Å². The lowest BCUT2D eigenvalue weighted by molar-refractivity contribution is -0.111. The molecule has 1 amide bonds. The fraction of sp³-hybridized carbons (Fsp3) is 0.286. The first-order valence-electron chi connectivity index (χ1n) is 12.5. The number of amides is 1. The summed E-state index contributed by atoms with van der Waals surface area (Å²) in [6.07, 6.45) is 4.86. The van der Waals surface area contributed by atoms with Gasteiger partial charge in [-0.05, 0) is 45.2 Å². The predicted octanol–water partition coefficient (Wildman–Crippen LogP) is 4.34. The van der Waals surface area contributed by atoms with Gasteiger partial charge in [-0.3, -0.25) is 4.79 Å². The molecule has 3 heterocycles. The molecule has 0 saturated carbocycles. The van der Waals surface area contributed by atoms with Gasteiger partial charge >= 0.3 is 0 Å². The molecular formula is C28H34N8O2. The summed E-state index contributed by atoms with van der Waals surface area (Å²) in [5.74, 6) is 0.986. The van der Waals surface area contributed by atoms with E-state index in [1.165, 1.54) is 6.08 Å². The van der Waals surface area contributed by atoms with Gasteiger partial charge in [0.1, 0.15) is 5.69 Å². The number of para-hydroxylation sites is 1. The Kier molecular flexibility index (Phi) is 8.22. The van der Waals surface area contributed by atoms with E-state index in [9.17, 15) is 4.79 Å². The Hall–Kier alpha value is -4.44. The van der Waals surface area contributed by atoms with E-state index in [4.69, 9.17) is 14.7 Å². The molecule has 10 heteroatoms. The summed E-state index contributed by atoms with van der Waals surface area (Å²) in [4.78, 5) is 28.2. The minimum Gasteiger partial charge on any atom is -0.473 e. The van der Waals surface area contributed by atoms with E-state index in [-0.39, 0.29) is 12.0 Å². The first-order valence-corrected chi connectivity index (χ1v) is 12.5. The number of nitrogens with zero attached hydrogens (tertiary/aromatic N) is 5. The lowest BCUT2D eigenvalue weighted by atomic mass is 10.1. The molecule has 3 N–H and O–H groups in total. The van der Waals surface area contributed by atoms with E-state index in [1.54, 1.807) is 12.3 Å². The number of aryl methyl sites for hydroxylation is 1. The molecule has 0 fully saturated rings. The van der Waals surface area contributed by atoms with Gasteiger partial charge in [-0.15, -0.1) is 0 Å². The number of carbonyl (C=O) groups is 1. The highest BCUT2D eigenvalue weighted by molar-refractivity contribution is 6.01. The summed E-state index contributed by atoms with van der Waals surface area (Å²) in [6.45, 7) is 8.84. The van der Waals surface area contributed by atoms with Crippen LogP contribution in [0.3, 0.4) is 0 Å². The summed E-state index contributed by atoms with van der Waals surface area (Å²) in [7, 11) is 5.81. The van der Waals surface area contributed by atoms with Crippen molar-refractivity contribution in [3.63, 3.8) is 0 Å². The quantitative estimate of drug-likeness (QED) is 0.254. The Morgan fingerprint density at radius 3 is 2.74 bits per heavy atom. The van der Waals surface area contributed by atoms with Crippen LogP contribution in [0.5, 0.6) is 5.88 Å². The summed E-state index contributed by atoms with van der Waals surface area (Å²) in [5.41, 5.74) is 3.94. The molecule has 0 spiro atoms. The predicted molar refractivity (Wildman–Crippen MR) is 153 cm³/mol. The standard InChI is InChI=1S/C28H34N8O2/c1-7-25(37)31-22-16-23(27(38-18(2)3)34-26(22)35(5)15-14-29-4)33-28-30-13-12-21(32-28)20-17-36(6)24-11-9-8-10-19(20)24/h7-13,16-18,29H,1,14-15H2,2-6H3,(H,31,37)(H,30,32,33). The highest BCUT2D eigenvalue weighted by Gasteiger charge is 2.19. The number of anilines is 4. The van der Waals surface area contributed by atoms with Gasteiger partial charge in [0.25, 0.3) is 0 Å². The molecule has 38 heavy (non-hydrogen) atoms. The van der Waals surface area contributed by atoms with Crippen molar-refractivity contribution in [2.75, 3.05) is 42.7 Å². The van der Waals surface area contributed by atoms with Crippen LogP contribution in [-0.2, 0) is 11.8 Å². The van der Waals surface area contributed by atoms with Crippen molar-refractivity contribution in [3.05, 3.63) is 61.4 Å². The van der Waals surface area contributed by atoms with Crippen LogP contribution in [0.25, 0.3) is 22.2 Å². The van der Waals surface area contributed by atoms with Crippen molar-refractivity contribution in [1.82, 2.24) is 24.8 Å². The Labute approximate surface area is 222 Å². The Morgan fingerprint density at radius 1 is 1.21 bits per heavy atom. The highest BCUT2D eigenvalue weighted by Crippen LogP contribution is 2.36. The molecule has 0 unspecified atom stereocenters. The van der Waals surface area contributed by atoms with E-state index in [0.717, 1.165) is 28.7 Å². The van der Waals surface area contributed by atoms with Gasteiger partial charge in [-0.25, -0.2) is 9.97 Å². The van der Waals surface area contributed by atoms with Crippen LogP contribution in [0.2, 0.25) is 0 Å². The maximum atomic E-state index is 12.2. The molecule has 3 aromatic heterocycles. The van der Waals surface area contributed by atoms with Crippen LogP contribution in [0, 0.1) is 0 Å². The third kappa shape index (κ3) is 5.92. The smallest absolute Gasteiger partial charge is 0.247 e. The maximum Gasteiger partial charge on any atom is 0.247 e. The average Bonchev–Trinajstić information content (AvgIpc) is 3.25. The number of hydrogen-bond acceptors (Lipinski definition) is 8. The van der Waals surface area contributed by atoms with Crippen molar-refractivity contribution in [2.45, 2.75) is 20.0 Å². The summed E-state index contributed by atoms with van der Waals surface area (Å²) < 4.78 is 8.15. The van der Waals surface area contributed by atoms with Crippen LogP contribution < -0.4 is 25.6 Å². The zero-order valence-electron chi connectivity index (χ0n) is 22.4. The second-order valence-corrected chi connectivity index (χ2v) is 9.16. The zero-order chi connectivity index (χ0) is 27.2. The normalized spacial score (nSPS) is 11.0. The largest absolute Gasteiger partial charge is 0.473 e. The molecule has 0 aliphatic carbocycles. The minimum absolute atomic E-state index is 0.130. The fourth-order valence-electron chi connectivity index (χ4n) is 4.08. The van der Waals surface area contributed by atoms with E-state index in [0.29, 0.717) is 35.6 Å². The molecule has 10 nitrogen and oxygen atoms in total. The Balaban J connectivity index is 1.76. The Morgan fingerprint density at radius 2 is 2.00 bits per heavy atom. The van der Waals surface area contributed by atoms with Crippen molar-refractivity contribution < 1.29 is 9.53 Å². The maximum absolute atomic E-state index is 12.2. The van der Waals surface area contributed by atoms with Crippen LogP contribution in [0.1, 0.15) is 13.8 Å². The van der Waals surface area contributed by atoms with Crippen LogP contribution in [0.4, 0.5) is 23.1 Å². The lowest BCUT2D eigenvalue weighted by Gasteiger charge is -2.24. The number of likely N-dealkylation sites (N-methyl/N-ethyl adjacent to an activating group) is 2. The Bertz CT molecular complexity index is 1450. The summed E-state index contributed by atoms with van der Waals surface area (Å²) in [6, 6.07) is 11.9. The molecule has 198 valence electrons. The number of benzene rings is 1. The van der Waals surface area contributed by atoms with Crippen molar-refractivity contribution in [3.8, 4) is 17.1 Å². The number of carbonyl (C=O) groups excluding carboxylic acids is 1. The van der Waals surface area contributed by atoms with Crippen molar-refractivity contribution >= 4 is 40.0 Å². The summed E-state index contributed by atoms with van der Waals surface area (Å²) in [5, 5.41) is 10.4. The number of fused-ring (bicyclic) bond motifs is 1. The molecule has 0 aliphatic heterocycles. The lowest BCUT2D eigenvalue weighted by Crippen LogP contribution is -2.29. The van der Waals surface area contributed by atoms with E-state index in [2.05, 4.69) is 50.4 Å². The van der Waals surface area contributed by atoms with Gasteiger partial charge in [0.2, 0.25) is 17.7 Å². The highest BCUT2D eigenvalue weighted by atomic mass is 16.5. The second-order valence-electron chi connectivity index (χ2n) is 9.16. The van der Waals surface area contributed by atoms with Gasteiger partial charge in [0.05, 0.1) is 17.5 Å². The fourth-order valence-corrected chi connectivity index (χ4v) is 4.08. The zero-order valence-corrected chi connectivity index (χ0v) is 22.4. The van der Waals surface area contributed by atoms with E-state index >= 15 is 0 Å². The van der Waals surface area contributed by atoms with Gasteiger partial charge < -0.3 is 30.2 Å². The van der Waals surface area contributed by atoms with Gasteiger partial charge in [0.15, 0.2) is 5.82 Å². The molecule has 4 aromatic rings. The molecule has 0 atom stereocenters. The summed E-state index contributed by atoms with van der Waals surface area (Å²) >= 11 is 0. The minimum atomic E-state index is -0.340. The molecule has 0 radical (unpaired) electrons. The third-order valence-corrected chi connectivity index (χ3v) is 5.89. The molecule has 0 saturated heterocycles. The van der Waals surface area contributed by atoms with Crippen LogP contribution in [0.15, 0.2) is 61.4 Å². The molecule has 1 aromatic carbocycles. The van der Waals surface area contributed by atoms with Crippen molar-refractivity contribution in [1.29, 1.82) is 0 Å². The number of ether oxygens (including phenoxy) is 1. The number of rotatable bonds is 11. The molecule has 0 aliphatic rings. The third-order valence-electron chi connectivity index (χ3n) is 5.89. The first kappa shape index (κ1) is 26.6. The number of aromatic nitrogens is 4. The topological polar surface area (TPSA) is 109 Å². The number of hydrogen-bond donors (Lipinski definition) is 3. The van der Waals surface area contributed by atoms with E-state index < -0.39 is 0 Å². The van der Waals surface area contributed by atoms with Crippen LogP contribution in [-0.4, -0.2) is 58.7 Å². The van der Waals surface area contributed by atoms with Crippen molar-refractivity contribution in [2.24, 2.45) is 7.05 Å². The van der Waals surface area contributed by atoms with Gasteiger partial charge in [0, 0.05) is 56.0 Å². The molecular weight excluding hydrogens is 480 g/mol. The average molecular weight is 515 g/mol.